The summed E-state index contributed by atoms with van der Waals surface area (Å²) < 4.78 is 65.3. The number of nitrogens with zero attached hydrogens (tertiary/aromatic N) is 3. The predicted molar refractivity (Wildman–Crippen MR) is 111 cm³/mol. The second kappa shape index (κ2) is 6.83. The summed E-state index contributed by atoms with van der Waals surface area (Å²) in [5.74, 6) is -0.711. The highest BCUT2D eigenvalue weighted by Crippen LogP contribution is 3.02. The number of hydrogen-bond donors (Lipinski definition) is 2. The Kier molecular flexibility index (Phi) is 4.72. The van der Waals surface area contributed by atoms with E-state index in [0.717, 1.165) is 18.2 Å². The molecule has 1 saturated carbocycles. The predicted octanol–water partition coefficient (Wildman–Crippen LogP) is 5.16. The Morgan fingerprint density at radius 1 is 1.09 bits per heavy atom. The van der Waals surface area contributed by atoms with Crippen molar-refractivity contribution in [1.29, 1.82) is 0 Å². The number of hydrogen-bond acceptors (Lipinski definition) is 5. The van der Waals surface area contributed by atoms with Gasteiger partial charge in [0.05, 0.1) is 6.04 Å². The number of aromatic amines is 1. The van der Waals surface area contributed by atoms with Crippen molar-refractivity contribution < 1.29 is 24.2 Å². The Bertz CT molecular complexity index is 1280. The molecule has 0 radical (unpaired) electrons. The second-order valence-electron chi connectivity index (χ2n) is 8.15. The van der Waals surface area contributed by atoms with Gasteiger partial charge < -0.3 is 10.3 Å². The molecule has 1 aliphatic carbocycles. The standard InChI is InChI=1S/C20H18F5N5O2S/c1-20(7-8-20)16(12-3-5-13(6-4-12)33(21,22,23,24)25)30-19(32)14-11-15(31)29-18(28-14)17-26-9-2-10-27-17/h2-6,9-11,16H,7-8H2,1H3,(H,30,32)(H,28,29,31)/t16-/m0/s1. The van der Waals surface area contributed by atoms with E-state index >= 15 is 0 Å². The third kappa shape index (κ3) is 5.02. The molecule has 0 aliphatic heterocycles. The van der Waals surface area contributed by atoms with E-state index < -0.39 is 38.0 Å². The number of rotatable bonds is 6. The lowest BCUT2D eigenvalue weighted by Crippen LogP contribution is -2.34. The van der Waals surface area contributed by atoms with Gasteiger partial charge in [0, 0.05) is 18.5 Å². The Labute approximate surface area is 184 Å². The van der Waals surface area contributed by atoms with Gasteiger partial charge in [-0.1, -0.05) is 38.5 Å². The van der Waals surface area contributed by atoms with Gasteiger partial charge in [0.2, 0.25) is 0 Å². The number of nitrogens with one attached hydrogen (secondary N) is 2. The monoisotopic (exact) mass is 487 g/mol. The van der Waals surface area contributed by atoms with Crippen LogP contribution in [0.25, 0.3) is 11.6 Å². The molecule has 1 aliphatic rings. The topological polar surface area (TPSA) is 101 Å². The molecule has 4 rings (SSSR count). The lowest BCUT2D eigenvalue weighted by Gasteiger charge is -2.40. The van der Waals surface area contributed by atoms with E-state index in [4.69, 9.17) is 0 Å². The number of benzene rings is 1. The molecule has 1 amide bonds. The van der Waals surface area contributed by atoms with Crippen LogP contribution < -0.4 is 10.9 Å². The molecule has 33 heavy (non-hydrogen) atoms. The zero-order valence-electron chi connectivity index (χ0n) is 17.1. The van der Waals surface area contributed by atoms with Crippen molar-refractivity contribution in [2.75, 3.05) is 0 Å². The maximum Gasteiger partial charge on any atom is 0.310 e. The highest BCUT2D eigenvalue weighted by Gasteiger charge is 2.65. The van der Waals surface area contributed by atoms with Crippen LogP contribution in [-0.4, -0.2) is 25.8 Å². The Balaban J connectivity index is 1.64. The van der Waals surface area contributed by atoms with Crippen LogP contribution in [0, 0.1) is 5.41 Å². The minimum atomic E-state index is -9.81. The Hall–Kier alpha value is -3.35. The molecule has 0 spiro atoms. The zero-order valence-corrected chi connectivity index (χ0v) is 17.9. The van der Waals surface area contributed by atoms with Gasteiger partial charge in [0.15, 0.2) is 11.6 Å². The van der Waals surface area contributed by atoms with Crippen molar-refractivity contribution in [2.24, 2.45) is 5.41 Å². The average molecular weight is 487 g/mol. The minimum absolute atomic E-state index is 0.0392. The molecule has 13 heteroatoms. The molecule has 1 fully saturated rings. The van der Waals surface area contributed by atoms with Gasteiger partial charge in [0.25, 0.3) is 11.5 Å². The molecular weight excluding hydrogens is 469 g/mol. The van der Waals surface area contributed by atoms with Crippen molar-refractivity contribution >= 4 is 16.1 Å². The third-order valence-corrected chi connectivity index (χ3v) is 6.58. The minimum Gasteiger partial charge on any atom is -0.343 e. The second-order valence-corrected chi connectivity index (χ2v) is 10.6. The molecule has 176 valence electrons. The molecule has 1 aromatic carbocycles. The average Bonchev–Trinajstić information content (AvgIpc) is 3.48. The van der Waals surface area contributed by atoms with E-state index in [0.29, 0.717) is 25.0 Å². The molecule has 0 unspecified atom stereocenters. The zero-order chi connectivity index (χ0) is 24.1. The first-order valence-corrected chi connectivity index (χ1v) is 11.6. The smallest absolute Gasteiger partial charge is 0.310 e. The number of aromatic nitrogens is 4. The van der Waals surface area contributed by atoms with Gasteiger partial charge in [0.1, 0.15) is 10.6 Å². The normalized spacial score (nSPS) is 18.0. The first-order chi connectivity index (χ1) is 15.1. The van der Waals surface area contributed by atoms with Gasteiger partial charge >= 0.3 is 10.2 Å². The third-order valence-electron chi connectivity index (χ3n) is 5.42. The van der Waals surface area contributed by atoms with Gasteiger partial charge in [-0.3, -0.25) is 9.59 Å². The molecule has 0 bridgehead atoms. The fraction of sp³-hybridized carbons (Fsp3) is 0.250. The Morgan fingerprint density at radius 3 is 2.24 bits per heavy atom. The molecule has 7 nitrogen and oxygen atoms in total. The van der Waals surface area contributed by atoms with Gasteiger partial charge in [-0.2, -0.15) is 0 Å². The summed E-state index contributed by atoms with van der Waals surface area (Å²) in [5, 5.41) is 2.68. The summed E-state index contributed by atoms with van der Waals surface area (Å²) in [5.41, 5.74) is -1.14. The lowest BCUT2D eigenvalue weighted by atomic mass is 9.91. The van der Waals surface area contributed by atoms with Gasteiger partial charge in [-0.25, -0.2) is 15.0 Å². The summed E-state index contributed by atoms with van der Waals surface area (Å²) >= 11 is 0. The van der Waals surface area contributed by atoms with E-state index in [1.54, 1.807) is 6.07 Å². The largest absolute Gasteiger partial charge is 0.343 e. The van der Waals surface area contributed by atoms with E-state index in [1.807, 2.05) is 6.92 Å². The maximum absolute atomic E-state index is 13.1. The molecule has 2 aromatic heterocycles. The van der Waals surface area contributed by atoms with Crippen LogP contribution in [0.15, 0.2) is 58.5 Å². The molecular formula is C20H18F5N5O2S. The van der Waals surface area contributed by atoms with Gasteiger partial charge in [-0.05, 0) is 42.0 Å². The first-order valence-electron chi connectivity index (χ1n) is 9.68. The van der Waals surface area contributed by atoms with E-state index in [2.05, 4.69) is 25.3 Å². The molecule has 1 atom stereocenters. The summed E-state index contributed by atoms with van der Waals surface area (Å²) in [6.07, 6.45) is 4.17. The molecule has 3 aromatic rings. The van der Waals surface area contributed by atoms with Crippen LogP contribution >= 0.6 is 10.2 Å². The van der Waals surface area contributed by atoms with Crippen molar-refractivity contribution in [1.82, 2.24) is 25.3 Å². The van der Waals surface area contributed by atoms with Crippen LogP contribution in [0.3, 0.4) is 0 Å². The maximum atomic E-state index is 13.1. The van der Waals surface area contributed by atoms with Crippen molar-refractivity contribution in [3.05, 3.63) is 70.4 Å². The van der Waals surface area contributed by atoms with Gasteiger partial charge in [-0.15, -0.1) is 0 Å². The summed E-state index contributed by atoms with van der Waals surface area (Å²) in [4.78, 5) is 37.4. The Morgan fingerprint density at radius 2 is 1.70 bits per heavy atom. The fourth-order valence-electron chi connectivity index (χ4n) is 3.37. The molecule has 0 saturated heterocycles. The fourth-order valence-corrected chi connectivity index (χ4v) is 4.02. The molecule has 2 heterocycles. The highest BCUT2D eigenvalue weighted by molar-refractivity contribution is 8.45. The van der Waals surface area contributed by atoms with E-state index in [-0.39, 0.29) is 22.9 Å². The van der Waals surface area contributed by atoms with Crippen molar-refractivity contribution in [3.63, 3.8) is 0 Å². The van der Waals surface area contributed by atoms with E-state index in [1.165, 1.54) is 12.4 Å². The quantitative estimate of drug-likeness (QED) is 0.468. The van der Waals surface area contributed by atoms with Crippen LogP contribution in [-0.2, 0) is 0 Å². The SMILES string of the molecule is CC1([C@@H](NC(=O)c2cc(=O)[nH]c(-c3ncccn3)n2)c2ccc(S(F)(F)(F)(F)F)cc2)CC1. The van der Waals surface area contributed by atoms with Crippen LogP contribution in [0.4, 0.5) is 19.4 Å². The number of amides is 1. The highest BCUT2D eigenvalue weighted by atomic mass is 32.5. The number of carbonyl (C=O) groups is 1. The molecule has 2 N–H and O–H groups in total. The first kappa shape index (κ1) is 22.8. The van der Waals surface area contributed by atoms with Crippen LogP contribution in [0.2, 0.25) is 0 Å². The number of halogens is 5. The number of H-pyrrole nitrogens is 1. The van der Waals surface area contributed by atoms with Crippen LogP contribution in [0.5, 0.6) is 0 Å². The lowest BCUT2D eigenvalue weighted by molar-refractivity contribution is 0.0913. The van der Waals surface area contributed by atoms with Crippen LogP contribution in [0.1, 0.15) is 41.9 Å². The summed E-state index contributed by atoms with van der Waals surface area (Å²) in [6, 6.07) is 4.23. The van der Waals surface area contributed by atoms with Crippen molar-refractivity contribution in [3.8, 4) is 11.6 Å². The summed E-state index contributed by atoms with van der Waals surface area (Å²) in [6.45, 7) is 1.81. The van der Waals surface area contributed by atoms with E-state index in [9.17, 15) is 29.0 Å². The number of carbonyl (C=O) groups excluding carboxylic acids is 1. The summed E-state index contributed by atoms with van der Waals surface area (Å²) in [7, 11) is -9.81. The van der Waals surface area contributed by atoms with Crippen molar-refractivity contribution in [2.45, 2.75) is 30.7 Å².